The van der Waals surface area contributed by atoms with Crippen LogP contribution in [0.1, 0.15) is 29.0 Å². The zero-order valence-electron chi connectivity index (χ0n) is 19.3. The van der Waals surface area contributed by atoms with Crippen molar-refractivity contribution in [2.75, 3.05) is 0 Å². The Labute approximate surface area is 213 Å². The molecule has 0 amide bonds. The van der Waals surface area contributed by atoms with E-state index >= 15 is 0 Å². The van der Waals surface area contributed by atoms with E-state index in [9.17, 15) is 0 Å². The van der Waals surface area contributed by atoms with E-state index in [1.165, 1.54) is 10.8 Å². The summed E-state index contributed by atoms with van der Waals surface area (Å²) in [5.74, 6) is 0.823. The van der Waals surface area contributed by atoms with Crippen molar-refractivity contribution in [3.8, 4) is 0 Å². The second kappa shape index (κ2) is 8.52. The van der Waals surface area contributed by atoms with Crippen LogP contribution in [0.25, 0.3) is 32.7 Å². The molecule has 0 fully saturated rings. The highest BCUT2D eigenvalue weighted by Crippen LogP contribution is 2.35. The van der Waals surface area contributed by atoms with Gasteiger partial charge in [0.05, 0.1) is 0 Å². The fourth-order valence-corrected chi connectivity index (χ4v) is 5.22. The van der Waals surface area contributed by atoms with E-state index in [1.54, 1.807) is 0 Å². The van der Waals surface area contributed by atoms with E-state index in [1.807, 2.05) is 36.4 Å². The molecule has 2 N–H and O–H groups in total. The number of benzene rings is 5. The number of nitrogens with one attached hydrogen (secondary N) is 2. The van der Waals surface area contributed by atoms with Crippen LogP contribution in [-0.4, -0.2) is 5.84 Å². The summed E-state index contributed by atoms with van der Waals surface area (Å²) in [5, 5.41) is 12.5. The molecule has 1 aromatic heterocycles. The van der Waals surface area contributed by atoms with Crippen LogP contribution in [-0.2, 0) is 0 Å². The average molecular weight is 488 g/mol. The Morgan fingerprint density at radius 2 is 1.53 bits per heavy atom. The number of rotatable bonds is 3. The molecule has 0 saturated heterocycles. The first-order chi connectivity index (χ1) is 17.7. The summed E-state index contributed by atoms with van der Waals surface area (Å²) in [6, 6.07) is 37.2. The zero-order valence-corrected chi connectivity index (χ0v) is 20.0. The van der Waals surface area contributed by atoms with Crippen molar-refractivity contribution in [1.29, 1.82) is 0 Å². The molecule has 2 heterocycles. The largest absolute Gasteiger partial charge is 0.456 e. The molecule has 2 atom stereocenters. The minimum Gasteiger partial charge on any atom is -0.456 e. The van der Waals surface area contributed by atoms with Crippen molar-refractivity contribution in [2.45, 2.75) is 12.3 Å². The van der Waals surface area contributed by atoms with E-state index in [4.69, 9.17) is 21.0 Å². The minimum atomic E-state index is -0.223. The SMILES string of the molecule is Clc1ccc2c(c1)oc1cccc(C3=NC(c4ccc5ccccc5c4)NC(c4ccccc4)N3)c12. The first-order valence-electron chi connectivity index (χ1n) is 12.0. The van der Waals surface area contributed by atoms with Gasteiger partial charge in [0.2, 0.25) is 0 Å². The van der Waals surface area contributed by atoms with Crippen LogP contribution in [0.15, 0.2) is 119 Å². The standard InChI is InChI=1S/C31H22ClN3O/c32-23-15-16-24-27(18-23)36-26-12-6-11-25(28(24)26)31-34-29(20-8-2-1-3-9-20)33-30(35-31)22-14-13-19-7-4-5-10-21(19)17-22/h1-18,29-30,33H,(H,34,35). The molecule has 4 nitrogen and oxygen atoms in total. The number of nitrogens with zero attached hydrogens (tertiary/aromatic N) is 1. The molecular formula is C31H22ClN3O. The second-order valence-electron chi connectivity index (χ2n) is 9.06. The predicted molar refractivity (Wildman–Crippen MR) is 147 cm³/mol. The Morgan fingerprint density at radius 1 is 0.694 bits per heavy atom. The number of amidine groups is 1. The first-order valence-corrected chi connectivity index (χ1v) is 12.4. The third kappa shape index (κ3) is 3.63. The van der Waals surface area contributed by atoms with Crippen LogP contribution in [0.4, 0.5) is 0 Å². The lowest BCUT2D eigenvalue weighted by molar-refractivity contribution is 0.409. The monoisotopic (exact) mass is 487 g/mol. The molecular weight excluding hydrogens is 466 g/mol. The van der Waals surface area contributed by atoms with Crippen LogP contribution < -0.4 is 10.6 Å². The quantitative estimate of drug-likeness (QED) is 0.268. The molecule has 0 radical (unpaired) electrons. The number of fused-ring (bicyclic) bond motifs is 4. The van der Waals surface area contributed by atoms with E-state index < -0.39 is 0 Å². The molecule has 2 unspecified atom stereocenters. The Kier molecular flexibility index (Phi) is 5.01. The molecule has 1 aliphatic rings. The number of halogens is 1. The van der Waals surface area contributed by atoms with Gasteiger partial charge < -0.3 is 9.73 Å². The normalized spacial score (nSPS) is 17.9. The summed E-state index contributed by atoms with van der Waals surface area (Å²) in [6.07, 6.45) is -0.336. The van der Waals surface area contributed by atoms with Crippen molar-refractivity contribution in [1.82, 2.24) is 10.6 Å². The van der Waals surface area contributed by atoms with Gasteiger partial charge in [-0.3, -0.25) is 5.32 Å². The molecule has 5 heteroatoms. The van der Waals surface area contributed by atoms with Crippen molar-refractivity contribution in [2.24, 2.45) is 4.99 Å². The molecule has 7 rings (SSSR count). The summed E-state index contributed by atoms with van der Waals surface area (Å²) in [4.78, 5) is 5.19. The van der Waals surface area contributed by atoms with Crippen LogP contribution in [0, 0.1) is 0 Å². The number of hydrogen-bond acceptors (Lipinski definition) is 4. The summed E-state index contributed by atoms with van der Waals surface area (Å²) in [5.41, 5.74) is 4.84. The average Bonchev–Trinajstić information content (AvgIpc) is 3.30. The summed E-state index contributed by atoms with van der Waals surface area (Å²) < 4.78 is 6.15. The summed E-state index contributed by atoms with van der Waals surface area (Å²) in [6.45, 7) is 0. The Hall–Kier alpha value is -4.12. The molecule has 1 aliphatic heterocycles. The molecule has 174 valence electrons. The van der Waals surface area contributed by atoms with Gasteiger partial charge in [0.25, 0.3) is 0 Å². The lowest BCUT2D eigenvalue weighted by Crippen LogP contribution is -2.45. The highest BCUT2D eigenvalue weighted by Gasteiger charge is 2.27. The van der Waals surface area contributed by atoms with Gasteiger partial charge in [0, 0.05) is 27.4 Å². The molecule has 0 saturated carbocycles. The van der Waals surface area contributed by atoms with Crippen molar-refractivity contribution in [3.63, 3.8) is 0 Å². The van der Waals surface area contributed by atoms with Crippen LogP contribution in [0.2, 0.25) is 5.02 Å². The van der Waals surface area contributed by atoms with E-state index in [-0.39, 0.29) is 12.3 Å². The van der Waals surface area contributed by atoms with Crippen molar-refractivity contribution < 1.29 is 4.42 Å². The van der Waals surface area contributed by atoms with E-state index in [0.29, 0.717) is 5.02 Å². The molecule has 5 aromatic carbocycles. The predicted octanol–water partition coefficient (Wildman–Crippen LogP) is 7.73. The Balaban J connectivity index is 1.41. The maximum absolute atomic E-state index is 6.25. The van der Waals surface area contributed by atoms with Gasteiger partial charge in [-0.25, -0.2) is 4.99 Å². The van der Waals surface area contributed by atoms with Gasteiger partial charge in [-0.2, -0.15) is 0 Å². The molecule has 0 bridgehead atoms. The van der Waals surface area contributed by atoms with E-state index in [2.05, 4.69) is 83.4 Å². The topological polar surface area (TPSA) is 49.6 Å². The van der Waals surface area contributed by atoms with Crippen molar-refractivity contribution in [3.05, 3.63) is 131 Å². The lowest BCUT2D eigenvalue weighted by atomic mass is 10.0. The summed E-state index contributed by atoms with van der Waals surface area (Å²) >= 11 is 6.25. The fourth-order valence-electron chi connectivity index (χ4n) is 5.06. The first kappa shape index (κ1) is 21.2. The molecule has 36 heavy (non-hydrogen) atoms. The highest BCUT2D eigenvalue weighted by molar-refractivity contribution is 6.31. The summed E-state index contributed by atoms with van der Waals surface area (Å²) in [7, 11) is 0. The molecule has 0 aliphatic carbocycles. The van der Waals surface area contributed by atoms with Gasteiger partial charge in [-0.1, -0.05) is 90.5 Å². The number of aliphatic imine (C=N–C) groups is 1. The maximum Gasteiger partial charge on any atom is 0.136 e. The Morgan fingerprint density at radius 3 is 2.42 bits per heavy atom. The molecule has 0 spiro atoms. The highest BCUT2D eigenvalue weighted by atomic mass is 35.5. The maximum atomic E-state index is 6.25. The van der Waals surface area contributed by atoms with Gasteiger partial charge in [0.1, 0.15) is 29.3 Å². The van der Waals surface area contributed by atoms with Gasteiger partial charge in [-0.05, 0) is 46.2 Å². The lowest BCUT2D eigenvalue weighted by Gasteiger charge is -2.32. The third-order valence-electron chi connectivity index (χ3n) is 6.80. The minimum absolute atomic E-state index is 0.113. The van der Waals surface area contributed by atoms with Crippen LogP contribution in [0.5, 0.6) is 0 Å². The number of furan rings is 1. The van der Waals surface area contributed by atoms with Gasteiger partial charge >= 0.3 is 0 Å². The molecule has 6 aromatic rings. The second-order valence-corrected chi connectivity index (χ2v) is 9.50. The van der Waals surface area contributed by atoms with E-state index in [0.717, 1.165) is 44.5 Å². The zero-order chi connectivity index (χ0) is 24.1. The van der Waals surface area contributed by atoms with Crippen LogP contribution in [0.3, 0.4) is 0 Å². The van der Waals surface area contributed by atoms with Crippen molar-refractivity contribution >= 4 is 50.1 Å². The number of hydrogen-bond donors (Lipinski definition) is 2. The smallest absolute Gasteiger partial charge is 0.136 e. The van der Waals surface area contributed by atoms with Crippen LogP contribution >= 0.6 is 11.6 Å². The third-order valence-corrected chi connectivity index (χ3v) is 7.04. The van der Waals surface area contributed by atoms with Gasteiger partial charge in [0.15, 0.2) is 0 Å². The fraction of sp³-hybridized carbons (Fsp3) is 0.0645. The Bertz CT molecular complexity index is 1770. The van der Waals surface area contributed by atoms with Gasteiger partial charge in [-0.15, -0.1) is 0 Å².